The van der Waals surface area contributed by atoms with E-state index in [1.807, 2.05) is 0 Å². The predicted molar refractivity (Wildman–Crippen MR) is 85.7 cm³/mol. The van der Waals surface area contributed by atoms with Gasteiger partial charge in [0, 0.05) is 11.6 Å². The lowest BCUT2D eigenvalue weighted by atomic mass is 9.86. The molecule has 0 aliphatic carbocycles. The van der Waals surface area contributed by atoms with Gasteiger partial charge in [0.05, 0.1) is 0 Å². The predicted octanol–water partition coefficient (Wildman–Crippen LogP) is 4.06. The van der Waals surface area contributed by atoms with Gasteiger partial charge in [-0.2, -0.15) is 0 Å². The van der Waals surface area contributed by atoms with Gasteiger partial charge in [0.1, 0.15) is 0 Å². The summed E-state index contributed by atoms with van der Waals surface area (Å²) in [6.07, 6.45) is 8.11. The molecule has 1 aliphatic heterocycles. The molecule has 1 heterocycles. The molecule has 0 bridgehead atoms. The van der Waals surface area contributed by atoms with E-state index in [-0.39, 0.29) is 5.54 Å². The first-order valence-corrected chi connectivity index (χ1v) is 8.47. The molecule has 1 rings (SSSR count). The van der Waals surface area contributed by atoms with Crippen LogP contribution >= 0.6 is 0 Å². The topological polar surface area (TPSA) is 15.3 Å². The number of hydrogen-bond acceptors (Lipinski definition) is 2. The van der Waals surface area contributed by atoms with E-state index in [0.717, 1.165) is 12.5 Å². The molecule has 0 radical (unpaired) electrons. The van der Waals surface area contributed by atoms with Crippen molar-refractivity contribution in [2.75, 3.05) is 19.6 Å². The molecule has 114 valence electrons. The van der Waals surface area contributed by atoms with Crippen LogP contribution in [0.5, 0.6) is 0 Å². The molecular formula is C17H36N2. The van der Waals surface area contributed by atoms with Crippen LogP contribution in [0.3, 0.4) is 0 Å². The number of nitrogens with zero attached hydrogens (tertiary/aromatic N) is 1. The lowest BCUT2D eigenvalue weighted by molar-refractivity contribution is 0.0749. The van der Waals surface area contributed by atoms with Crippen LogP contribution in [0.15, 0.2) is 0 Å². The minimum absolute atomic E-state index is 0.282. The number of nitrogens with one attached hydrogen (secondary N) is 1. The smallest absolute Gasteiger partial charge is 0.0306 e. The van der Waals surface area contributed by atoms with Crippen LogP contribution in [-0.4, -0.2) is 36.1 Å². The Morgan fingerprint density at radius 2 is 1.63 bits per heavy atom. The molecule has 0 saturated carbocycles. The SMILES string of the molecule is CCCNC(CC(C)C)C(C)(C)N1CCCCCC1. The second kappa shape index (κ2) is 8.26. The highest BCUT2D eigenvalue weighted by molar-refractivity contribution is 4.94. The first-order valence-electron chi connectivity index (χ1n) is 8.47. The Morgan fingerprint density at radius 3 is 2.11 bits per heavy atom. The minimum Gasteiger partial charge on any atom is -0.312 e. The van der Waals surface area contributed by atoms with E-state index < -0.39 is 0 Å². The number of hydrogen-bond donors (Lipinski definition) is 1. The molecule has 0 aromatic heterocycles. The summed E-state index contributed by atoms with van der Waals surface area (Å²) in [5.41, 5.74) is 0.282. The van der Waals surface area contributed by atoms with E-state index in [2.05, 4.69) is 44.8 Å². The summed E-state index contributed by atoms with van der Waals surface area (Å²) in [5.74, 6) is 0.764. The number of rotatable bonds is 7. The molecule has 0 spiro atoms. The fourth-order valence-electron chi connectivity index (χ4n) is 3.28. The highest BCUT2D eigenvalue weighted by Gasteiger charge is 2.35. The van der Waals surface area contributed by atoms with E-state index in [1.54, 1.807) is 0 Å². The Morgan fingerprint density at radius 1 is 1.05 bits per heavy atom. The molecular weight excluding hydrogens is 232 g/mol. The molecule has 1 N–H and O–H groups in total. The number of likely N-dealkylation sites (tertiary alicyclic amines) is 1. The molecule has 0 amide bonds. The van der Waals surface area contributed by atoms with Crippen molar-refractivity contribution in [1.29, 1.82) is 0 Å². The van der Waals surface area contributed by atoms with Gasteiger partial charge in [0.15, 0.2) is 0 Å². The molecule has 1 aliphatic rings. The molecule has 0 aromatic carbocycles. The Balaban J connectivity index is 2.70. The second-order valence-corrected chi connectivity index (χ2v) is 7.19. The Kier molecular flexibility index (Phi) is 7.38. The first kappa shape index (κ1) is 17.0. The van der Waals surface area contributed by atoms with E-state index in [1.165, 1.54) is 51.6 Å². The Bertz CT molecular complexity index is 227. The second-order valence-electron chi connectivity index (χ2n) is 7.19. The Hall–Kier alpha value is -0.0800. The van der Waals surface area contributed by atoms with Crippen molar-refractivity contribution in [3.8, 4) is 0 Å². The minimum atomic E-state index is 0.282. The van der Waals surface area contributed by atoms with Crippen molar-refractivity contribution in [2.24, 2.45) is 5.92 Å². The third-order valence-electron chi connectivity index (χ3n) is 4.62. The van der Waals surface area contributed by atoms with E-state index in [9.17, 15) is 0 Å². The van der Waals surface area contributed by atoms with Gasteiger partial charge in [-0.15, -0.1) is 0 Å². The zero-order valence-corrected chi connectivity index (χ0v) is 14.0. The van der Waals surface area contributed by atoms with Crippen LogP contribution in [0.2, 0.25) is 0 Å². The highest BCUT2D eigenvalue weighted by atomic mass is 15.2. The molecule has 1 atom stereocenters. The van der Waals surface area contributed by atoms with Gasteiger partial charge in [-0.1, -0.05) is 33.6 Å². The largest absolute Gasteiger partial charge is 0.312 e. The zero-order chi connectivity index (χ0) is 14.3. The summed E-state index contributed by atoms with van der Waals surface area (Å²) < 4.78 is 0. The van der Waals surface area contributed by atoms with Crippen LogP contribution in [0.4, 0.5) is 0 Å². The molecule has 2 heteroatoms. The van der Waals surface area contributed by atoms with Crippen LogP contribution in [0.1, 0.15) is 73.1 Å². The van der Waals surface area contributed by atoms with Crippen LogP contribution < -0.4 is 5.32 Å². The summed E-state index contributed by atoms with van der Waals surface area (Å²) in [5, 5.41) is 3.82. The molecule has 1 saturated heterocycles. The standard InChI is InChI=1S/C17H36N2/c1-6-11-18-16(14-15(2)3)17(4,5)19-12-9-7-8-10-13-19/h15-16,18H,6-14H2,1-5H3. The summed E-state index contributed by atoms with van der Waals surface area (Å²) in [6, 6.07) is 0.616. The first-order chi connectivity index (χ1) is 8.98. The normalized spacial score (nSPS) is 20.5. The van der Waals surface area contributed by atoms with Crippen molar-refractivity contribution in [3.63, 3.8) is 0 Å². The summed E-state index contributed by atoms with van der Waals surface area (Å²) in [6.45, 7) is 15.6. The van der Waals surface area contributed by atoms with E-state index in [0.29, 0.717) is 6.04 Å². The van der Waals surface area contributed by atoms with Gasteiger partial charge in [-0.3, -0.25) is 4.90 Å². The summed E-state index contributed by atoms with van der Waals surface area (Å²) in [4.78, 5) is 2.75. The van der Waals surface area contributed by atoms with Crippen molar-refractivity contribution in [3.05, 3.63) is 0 Å². The Labute approximate surface area is 121 Å². The zero-order valence-electron chi connectivity index (χ0n) is 14.0. The van der Waals surface area contributed by atoms with Crippen LogP contribution in [-0.2, 0) is 0 Å². The van der Waals surface area contributed by atoms with Gasteiger partial charge < -0.3 is 5.32 Å². The quantitative estimate of drug-likeness (QED) is 0.749. The van der Waals surface area contributed by atoms with Gasteiger partial charge in [0.25, 0.3) is 0 Å². The summed E-state index contributed by atoms with van der Waals surface area (Å²) >= 11 is 0. The van der Waals surface area contributed by atoms with Crippen molar-refractivity contribution < 1.29 is 0 Å². The fourth-order valence-corrected chi connectivity index (χ4v) is 3.28. The molecule has 2 nitrogen and oxygen atoms in total. The average Bonchev–Trinajstić information content (AvgIpc) is 2.63. The van der Waals surface area contributed by atoms with Crippen LogP contribution in [0, 0.1) is 5.92 Å². The maximum atomic E-state index is 3.82. The molecule has 19 heavy (non-hydrogen) atoms. The third-order valence-corrected chi connectivity index (χ3v) is 4.62. The average molecular weight is 268 g/mol. The van der Waals surface area contributed by atoms with Gasteiger partial charge in [0.2, 0.25) is 0 Å². The summed E-state index contributed by atoms with van der Waals surface area (Å²) in [7, 11) is 0. The molecule has 1 unspecified atom stereocenters. The van der Waals surface area contributed by atoms with Gasteiger partial charge in [-0.05, 0) is 65.1 Å². The lowest BCUT2D eigenvalue weighted by Crippen LogP contribution is -2.58. The maximum Gasteiger partial charge on any atom is 0.0306 e. The molecule has 1 fully saturated rings. The monoisotopic (exact) mass is 268 g/mol. The van der Waals surface area contributed by atoms with Gasteiger partial charge >= 0.3 is 0 Å². The molecule has 0 aromatic rings. The third kappa shape index (κ3) is 5.43. The lowest BCUT2D eigenvalue weighted by Gasteiger charge is -2.45. The fraction of sp³-hybridized carbons (Fsp3) is 1.00. The van der Waals surface area contributed by atoms with E-state index in [4.69, 9.17) is 0 Å². The maximum absolute atomic E-state index is 3.82. The van der Waals surface area contributed by atoms with Crippen molar-refractivity contribution >= 4 is 0 Å². The van der Waals surface area contributed by atoms with E-state index >= 15 is 0 Å². The van der Waals surface area contributed by atoms with Gasteiger partial charge in [-0.25, -0.2) is 0 Å². The van der Waals surface area contributed by atoms with Crippen molar-refractivity contribution in [1.82, 2.24) is 10.2 Å². The van der Waals surface area contributed by atoms with Crippen molar-refractivity contribution in [2.45, 2.75) is 84.7 Å². The van der Waals surface area contributed by atoms with Crippen LogP contribution in [0.25, 0.3) is 0 Å². The highest BCUT2D eigenvalue weighted by Crippen LogP contribution is 2.27.